The van der Waals surface area contributed by atoms with Gasteiger partial charge in [0.1, 0.15) is 11.9 Å². The van der Waals surface area contributed by atoms with Crippen LogP contribution in [0, 0.1) is 0 Å². The summed E-state index contributed by atoms with van der Waals surface area (Å²) in [6, 6.07) is 5.14. The lowest BCUT2D eigenvalue weighted by atomic mass is 10.0. The molecule has 1 heterocycles. The Morgan fingerprint density at radius 3 is 2.36 bits per heavy atom. The minimum atomic E-state index is -4.49. The number of nitrogens with zero attached hydrogens (tertiary/aromatic N) is 1. The number of aliphatic carboxylic acids is 1. The largest absolute Gasteiger partial charge is 0.484 e. The Kier molecular flexibility index (Phi) is 5.83. The molecule has 28 heavy (non-hydrogen) atoms. The topological polar surface area (TPSA) is 110 Å². The van der Waals surface area contributed by atoms with Crippen molar-refractivity contribution in [2.45, 2.75) is 30.4 Å². The first-order valence-electron chi connectivity index (χ1n) is 7.94. The van der Waals surface area contributed by atoms with Gasteiger partial charge in [0, 0.05) is 18.4 Å². The van der Waals surface area contributed by atoms with Crippen molar-refractivity contribution in [2.24, 2.45) is 0 Å². The summed E-state index contributed by atoms with van der Waals surface area (Å²) in [6.07, 6.45) is -5.97. The van der Waals surface area contributed by atoms with Gasteiger partial charge in [0.25, 0.3) is 0 Å². The molecule has 0 aromatic heterocycles. The Balaban J connectivity index is 2.09. The first-order valence-corrected chi connectivity index (χ1v) is 9.83. The zero-order chi connectivity index (χ0) is 21.3. The molecular weight excluding hydrogens is 407 g/mol. The minimum Gasteiger partial charge on any atom is -0.484 e. The van der Waals surface area contributed by atoms with Crippen LogP contribution in [-0.4, -0.2) is 62.0 Å². The molecule has 0 aliphatic carbocycles. The lowest BCUT2D eigenvalue weighted by molar-refractivity contribution is -0.153. The zero-order valence-electron chi connectivity index (χ0n) is 14.9. The van der Waals surface area contributed by atoms with Crippen LogP contribution in [0.3, 0.4) is 0 Å². The van der Waals surface area contributed by atoms with E-state index in [2.05, 4.69) is 4.74 Å². The number of hydrogen-bond acceptors (Lipinski definition) is 6. The zero-order valence-corrected chi connectivity index (χ0v) is 15.7. The molecule has 8 nitrogen and oxygen atoms in total. The number of carbonyl (C=O) groups is 2. The highest BCUT2D eigenvalue weighted by Crippen LogP contribution is 2.30. The fourth-order valence-corrected chi connectivity index (χ4v) is 3.36. The van der Waals surface area contributed by atoms with Crippen molar-refractivity contribution in [1.82, 2.24) is 0 Å². The predicted octanol–water partition coefficient (Wildman–Crippen LogP) is 2.23. The van der Waals surface area contributed by atoms with Gasteiger partial charge in [-0.2, -0.15) is 13.2 Å². The third kappa shape index (κ3) is 4.86. The Morgan fingerprint density at radius 1 is 1.32 bits per heavy atom. The lowest BCUT2D eigenvalue weighted by Gasteiger charge is -2.24. The van der Waals surface area contributed by atoms with Crippen molar-refractivity contribution < 1.29 is 45.8 Å². The highest BCUT2D eigenvalue weighted by Gasteiger charge is 2.48. The average molecular weight is 425 g/mol. The maximum atomic E-state index is 12.2. The van der Waals surface area contributed by atoms with Crippen LogP contribution in [0.1, 0.15) is 13.3 Å². The van der Waals surface area contributed by atoms with E-state index in [0.29, 0.717) is 0 Å². The maximum Gasteiger partial charge on any atom is 0.422 e. The molecule has 0 spiro atoms. The Hall–Kier alpha value is -2.50. The average Bonchev–Trinajstić information content (AvgIpc) is 2.91. The number of carbonyl (C=O) groups excluding carboxylic acids is 1. The molecule has 1 aliphatic rings. The van der Waals surface area contributed by atoms with Gasteiger partial charge in [-0.15, -0.1) is 0 Å². The van der Waals surface area contributed by atoms with Gasteiger partial charge >= 0.3 is 18.2 Å². The van der Waals surface area contributed by atoms with E-state index in [-0.39, 0.29) is 18.0 Å². The summed E-state index contributed by atoms with van der Waals surface area (Å²) in [4.78, 5) is 24.6. The Morgan fingerprint density at radius 2 is 1.89 bits per heavy atom. The molecule has 2 atom stereocenters. The first kappa shape index (κ1) is 21.8. The second-order valence-electron chi connectivity index (χ2n) is 6.53. The summed E-state index contributed by atoms with van der Waals surface area (Å²) in [5.41, 5.74) is 0.281. The molecule has 1 N–H and O–H groups in total. The molecule has 156 valence electrons. The number of carboxylic acid groups (broad SMARTS) is 1. The summed E-state index contributed by atoms with van der Waals surface area (Å²) in [6.45, 7) is -0.534. The Bertz CT molecular complexity index is 854. The molecule has 0 radical (unpaired) electrons. The third-order valence-corrected chi connectivity index (χ3v) is 6.29. The van der Waals surface area contributed by atoms with Crippen LogP contribution < -0.4 is 9.64 Å². The summed E-state index contributed by atoms with van der Waals surface area (Å²) in [7, 11) is -3.99. The van der Waals surface area contributed by atoms with Gasteiger partial charge in [-0.3, -0.25) is 9.69 Å². The molecule has 2 unspecified atom stereocenters. The van der Waals surface area contributed by atoms with Gasteiger partial charge in [-0.25, -0.2) is 13.2 Å². The number of ether oxygens (including phenoxy) is 2. The lowest BCUT2D eigenvalue weighted by Crippen LogP contribution is -2.46. The van der Waals surface area contributed by atoms with Crippen LogP contribution in [0.15, 0.2) is 24.3 Å². The van der Waals surface area contributed by atoms with Crippen molar-refractivity contribution in [3.8, 4) is 5.75 Å². The van der Waals surface area contributed by atoms with E-state index in [1.165, 1.54) is 24.3 Å². The van der Waals surface area contributed by atoms with Gasteiger partial charge in [0.05, 0.1) is 6.54 Å². The fourth-order valence-electron chi connectivity index (χ4n) is 2.56. The van der Waals surface area contributed by atoms with E-state index in [0.717, 1.165) is 18.1 Å². The molecule has 2 rings (SSSR count). The number of alkyl halides is 3. The standard InChI is InChI=1S/C16H18F3NO7S/c1-15(13(21)22,28(2,24)25)7-12-8-20(14(23)27-12)10-3-5-11(6-4-10)26-9-16(17,18)19/h3-6,12H,7-9H2,1-2H3,(H,21,22). The number of amides is 1. The Labute approximate surface area is 158 Å². The molecule has 1 aromatic rings. The van der Waals surface area contributed by atoms with E-state index in [9.17, 15) is 36.3 Å². The number of halogens is 3. The smallest absolute Gasteiger partial charge is 0.422 e. The molecule has 0 bridgehead atoms. The number of sulfone groups is 1. The highest BCUT2D eigenvalue weighted by molar-refractivity contribution is 7.92. The quantitative estimate of drug-likeness (QED) is 0.713. The van der Waals surface area contributed by atoms with Crippen LogP contribution in [-0.2, 0) is 19.4 Å². The van der Waals surface area contributed by atoms with Gasteiger partial charge in [0.2, 0.25) is 0 Å². The number of rotatable bonds is 7. The number of anilines is 1. The number of cyclic esters (lactones) is 1. The second-order valence-corrected chi connectivity index (χ2v) is 8.97. The van der Waals surface area contributed by atoms with Gasteiger partial charge < -0.3 is 14.6 Å². The second kappa shape index (κ2) is 7.49. The van der Waals surface area contributed by atoms with E-state index in [1.54, 1.807) is 0 Å². The summed E-state index contributed by atoms with van der Waals surface area (Å²) >= 11 is 0. The van der Waals surface area contributed by atoms with Crippen LogP contribution in [0.2, 0.25) is 0 Å². The first-order chi connectivity index (χ1) is 12.7. The van der Waals surface area contributed by atoms with Crippen molar-refractivity contribution in [2.75, 3.05) is 24.3 Å². The molecule has 12 heteroatoms. The fraction of sp³-hybridized carbons (Fsp3) is 0.500. The van der Waals surface area contributed by atoms with Crippen LogP contribution in [0.25, 0.3) is 0 Å². The number of hydrogen-bond donors (Lipinski definition) is 1. The van der Waals surface area contributed by atoms with E-state index in [1.807, 2.05) is 0 Å². The summed E-state index contributed by atoms with van der Waals surface area (Å²) < 4.78 is 67.7. The normalized spacial score (nSPS) is 19.8. The third-order valence-electron chi connectivity index (χ3n) is 4.31. The van der Waals surface area contributed by atoms with Crippen LogP contribution in [0.5, 0.6) is 5.75 Å². The summed E-state index contributed by atoms with van der Waals surface area (Å²) in [5.74, 6) is -1.61. The number of benzene rings is 1. The molecule has 1 saturated heterocycles. The predicted molar refractivity (Wildman–Crippen MR) is 91.1 cm³/mol. The summed E-state index contributed by atoms with van der Waals surface area (Å²) in [5, 5.41) is 9.29. The maximum absolute atomic E-state index is 12.2. The highest BCUT2D eigenvalue weighted by atomic mass is 32.2. The van der Waals surface area contributed by atoms with Gasteiger partial charge in [-0.05, 0) is 31.2 Å². The van der Waals surface area contributed by atoms with Crippen molar-refractivity contribution in [1.29, 1.82) is 0 Å². The van der Waals surface area contributed by atoms with Crippen molar-refractivity contribution in [3.63, 3.8) is 0 Å². The molecule has 1 aromatic carbocycles. The van der Waals surface area contributed by atoms with Gasteiger partial charge in [-0.1, -0.05) is 0 Å². The van der Waals surface area contributed by atoms with Gasteiger partial charge in [0.15, 0.2) is 21.2 Å². The molecule has 0 saturated carbocycles. The monoisotopic (exact) mass is 425 g/mol. The van der Waals surface area contributed by atoms with Crippen molar-refractivity contribution in [3.05, 3.63) is 24.3 Å². The van der Waals surface area contributed by atoms with E-state index < -0.39 is 52.0 Å². The molecule has 1 aliphatic heterocycles. The SMILES string of the molecule is CC(CC1CN(c2ccc(OCC(F)(F)F)cc2)C(=O)O1)(C(=O)O)S(C)(=O)=O. The number of carboxylic acids is 1. The van der Waals surface area contributed by atoms with Crippen LogP contribution in [0.4, 0.5) is 23.7 Å². The van der Waals surface area contributed by atoms with E-state index >= 15 is 0 Å². The molecule has 1 fully saturated rings. The molecule has 1 amide bonds. The molecular formula is C16H18F3NO7S. The van der Waals surface area contributed by atoms with Crippen LogP contribution >= 0.6 is 0 Å². The van der Waals surface area contributed by atoms with E-state index in [4.69, 9.17) is 4.74 Å². The van der Waals surface area contributed by atoms with Crippen molar-refractivity contribution >= 4 is 27.6 Å². The minimum absolute atomic E-state index is 0.0549.